The number of rotatable bonds is 6. The zero-order chi connectivity index (χ0) is 19.9. The smallest absolute Gasteiger partial charge is 0.257 e. The molecule has 7 heteroatoms. The molecule has 0 aliphatic carbocycles. The third kappa shape index (κ3) is 5.08. The maximum absolute atomic E-state index is 12.4. The molecule has 2 aromatic carbocycles. The average Bonchev–Trinajstić information content (AvgIpc) is 2.69. The summed E-state index contributed by atoms with van der Waals surface area (Å²) in [5, 5.41) is 5.74. The van der Waals surface area contributed by atoms with Crippen LogP contribution in [0.5, 0.6) is 0 Å². The fourth-order valence-corrected chi connectivity index (χ4v) is 2.87. The number of anilines is 3. The highest BCUT2D eigenvalue weighted by molar-refractivity contribution is 6.34. The minimum absolute atomic E-state index is 0.144. The van der Waals surface area contributed by atoms with Crippen molar-refractivity contribution in [2.75, 3.05) is 16.4 Å². The van der Waals surface area contributed by atoms with Gasteiger partial charge in [0, 0.05) is 24.5 Å². The van der Waals surface area contributed by atoms with Gasteiger partial charge in [0.15, 0.2) is 0 Å². The fourth-order valence-electron chi connectivity index (χ4n) is 2.60. The van der Waals surface area contributed by atoms with E-state index in [1.54, 1.807) is 54.9 Å². The first-order chi connectivity index (χ1) is 13.5. The average molecular weight is 395 g/mol. The number of nitrogens with one attached hydrogen (secondary N) is 2. The van der Waals surface area contributed by atoms with Crippen molar-refractivity contribution in [2.24, 2.45) is 0 Å². The molecule has 2 amide bonds. The highest BCUT2D eigenvalue weighted by Gasteiger charge is 2.13. The van der Waals surface area contributed by atoms with Gasteiger partial charge in [-0.25, -0.2) is 0 Å². The predicted molar refractivity (Wildman–Crippen MR) is 111 cm³/mol. The molecule has 1 aromatic heterocycles. The van der Waals surface area contributed by atoms with Crippen LogP contribution in [-0.2, 0) is 11.2 Å². The van der Waals surface area contributed by atoms with Gasteiger partial charge < -0.3 is 16.4 Å². The van der Waals surface area contributed by atoms with Gasteiger partial charge in [0.1, 0.15) is 0 Å². The van der Waals surface area contributed by atoms with Gasteiger partial charge in [0.05, 0.1) is 22.0 Å². The van der Waals surface area contributed by atoms with Crippen molar-refractivity contribution < 1.29 is 9.59 Å². The normalized spacial score (nSPS) is 10.3. The van der Waals surface area contributed by atoms with E-state index in [4.69, 9.17) is 17.3 Å². The van der Waals surface area contributed by atoms with Gasteiger partial charge in [-0.3, -0.25) is 14.6 Å². The number of pyridine rings is 1. The van der Waals surface area contributed by atoms with Crippen molar-refractivity contribution in [3.8, 4) is 0 Å². The van der Waals surface area contributed by atoms with Gasteiger partial charge in [-0.1, -0.05) is 29.8 Å². The minimum atomic E-state index is -0.377. The van der Waals surface area contributed by atoms with Crippen LogP contribution in [0.4, 0.5) is 17.1 Å². The molecular formula is C21H19ClN4O2. The number of benzene rings is 2. The Bertz CT molecular complexity index is 993. The molecule has 3 aromatic rings. The zero-order valence-electron chi connectivity index (χ0n) is 15.0. The van der Waals surface area contributed by atoms with E-state index < -0.39 is 0 Å². The lowest BCUT2D eigenvalue weighted by Gasteiger charge is -2.11. The van der Waals surface area contributed by atoms with Crippen LogP contribution < -0.4 is 16.4 Å². The number of nitrogens with two attached hydrogens (primary N) is 1. The molecule has 0 saturated carbocycles. The van der Waals surface area contributed by atoms with Crippen LogP contribution in [0.25, 0.3) is 0 Å². The second-order valence-electron chi connectivity index (χ2n) is 6.15. The van der Waals surface area contributed by atoms with E-state index in [2.05, 4.69) is 15.6 Å². The topological polar surface area (TPSA) is 97.1 Å². The maximum Gasteiger partial charge on any atom is 0.257 e. The van der Waals surface area contributed by atoms with E-state index >= 15 is 0 Å². The van der Waals surface area contributed by atoms with Gasteiger partial charge in [-0.2, -0.15) is 0 Å². The van der Waals surface area contributed by atoms with E-state index in [9.17, 15) is 9.59 Å². The van der Waals surface area contributed by atoms with Gasteiger partial charge >= 0.3 is 0 Å². The van der Waals surface area contributed by atoms with E-state index in [0.29, 0.717) is 35.5 Å². The molecule has 28 heavy (non-hydrogen) atoms. The summed E-state index contributed by atoms with van der Waals surface area (Å²) in [5.74, 6) is -0.522. The Labute approximate surface area is 167 Å². The summed E-state index contributed by atoms with van der Waals surface area (Å²) >= 11 is 6.24. The molecule has 4 N–H and O–H groups in total. The summed E-state index contributed by atoms with van der Waals surface area (Å²) in [6.45, 7) is 0. The number of amides is 2. The van der Waals surface area contributed by atoms with E-state index in [1.807, 2.05) is 12.1 Å². The van der Waals surface area contributed by atoms with Crippen LogP contribution in [0, 0.1) is 0 Å². The number of aryl methyl sites for hydroxylation is 1. The Morgan fingerprint density at radius 3 is 2.57 bits per heavy atom. The summed E-state index contributed by atoms with van der Waals surface area (Å²) < 4.78 is 0. The number of halogens is 1. The summed E-state index contributed by atoms with van der Waals surface area (Å²) in [6, 6.07) is 15.5. The number of hydrogen-bond acceptors (Lipinski definition) is 4. The SMILES string of the molecule is Nc1ccccc1NC(=O)c1ccc(NC(=O)CCc2cccnc2)cc1Cl. The summed E-state index contributed by atoms with van der Waals surface area (Å²) in [7, 11) is 0. The number of hydrogen-bond donors (Lipinski definition) is 3. The maximum atomic E-state index is 12.4. The number of carbonyl (C=O) groups is 2. The molecule has 0 aliphatic rings. The van der Waals surface area contributed by atoms with Crippen molar-refractivity contribution in [2.45, 2.75) is 12.8 Å². The van der Waals surface area contributed by atoms with E-state index in [0.717, 1.165) is 5.56 Å². The number of nitrogens with zero attached hydrogens (tertiary/aromatic N) is 1. The van der Waals surface area contributed by atoms with Crippen molar-refractivity contribution >= 4 is 40.5 Å². The first-order valence-corrected chi connectivity index (χ1v) is 9.05. The highest BCUT2D eigenvalue weighted by Crippen LogP contribution is 2.24. The van der Waals surface area contributed by atoms with E-state index in [-0.39, 0.29) is 16.8 Å². The molecule has 0 bridgehead atoms. The molecule has 1 heterocycles. The first kappa shape index (κ1) is 19.4. The lowest BCUT2D eigenvalue weighted by Crippen LogP contribution is -2.15. The standard InChI is InChI=1S/C21H19ClN4O2/c22-17-12-15(25-20(27)10-7-14-4-3-11-24-13-14)8-9-16(17)21(28)26-19-6-2-1-5-18(19)23/h1-6,8-9,11-13H,7,10,23H2,(H,25,27)(H,26,28). The van der Waals surface area contributed by atoms with Gasteiger partial charge in [-0.05, 0) is 48.4 Å². The quantitative estimate of drug-likeness (QED) is 0.547. The first-order valence-electron chi connectivity index (χ1n) is 8.67. The Balaban J connectivity index is 1.61. The summed E-state index contributed by atoms with van der Waals surface area (Å²) in [5.41, 5.74) is 8.61. The number of para-hydroxylation sites is 2. The minimum Gasteiger partial charge on any atom is -0.397 e. The molecule has 0 spiro atoms. The lowest BCUT2D eigenvalue weighted by molar-refractivity contribution is -0.116. The number of aromatic nitrogens is 1. The lowest BCUT2D eigenvalue weighted by atomic mass is 10.1. The molecule has 3 rings (SSSR count). The third-order valence-corrected chi connectivity index (χ3v) is 4.38. The highest BCUT2D eigenvalue weighted by atomic mass is 35.5. The Hall–Kier alpha value is -3.38. The molecular weight excluding hydrogens is 376 g/mol. The van der Waals surface area contributed by atoms with Crippen molar-refractivity contribution in [3.63, 3.8) is 0 Å². The predicted octanol–water partition coefficient (Wildman–Crippen LogP) is 4.14. The molecule has 0 saturated heterocycles. The number of carbonyl (C=O) groups excluding carboxylic acids is 2. The molecule has 0 fully saturated rings. The van der Waals surface area contributed by atoms with Crippen LogP contribution in [0.1, 0.15) is 22.3 Å². The van der Waals surface area contributed by atoms with Crippen LogP contribution in [0.3, 0.4) is 0 Å². The van der Waals surface area contributed by atoms with Crippen LogP contribution in [-0.4, -0.2) is 16.8 Å². The second-order valence-corrected chi connectivity index (χ2v) is 6.55. The van der Waals surface area contributed by atoms with Crippen LogP contribution in [0.2, 0.25) is 5.02 Å². The molecule has 6 nitrogen and oxygen atoms in total. The Kier molecular flexibility index (Phi) is 6.24. The van der Waals surface area contributed by atoms with Gasteiger partial charge in [0.2, 0.25) is 5.91 Å². The van der Waals surface area contributed by atoms with Crippen molar-refractivity contribution in [3.05, 3.63) is 83.1 Å². The monoisotopic (exact) mass is 394 g/mol. The largest absolute Gasteiger partial charge is 0.397 e. The van der Waals surface area contributed by atoms with E-state index in [1.165, 1.54) is 0 Å². The molecule has 0 radical (unpaired) electrons. The van der Waals surface area contributed by atoms with Gasteiger partial charge in [0.25, 0.3) is 5.91 Å². The van der Waals surface area contributed by atoms with Crippen molar-refractivity contribution in [1.29, 1.82) is 0 Å². The molecule has 0 aliphatic heterocycles. The fraction of sp³-hybridized carbons (Fsp3) is 0.0952. The van der Waals surface area contributed by atoms with Gasteiger partial charge in [-0.15, -0.1) is 0 Å². The molecule has 142 valence electrons. The Morgan fingerprint density at radius 1 is 1.04 bits per heavy atom. The van der Waals surface area contributed by atoms with Crippen LogP contribution >= 0.6 is 11.6 Å². The third-order valence-electron chi connectivity index (χ3n) is 4.07. The second kappa shape index (κ2) is 9.01. The molecule has 0 atom stereocenters. The molecule has 0 unspecified atom stereocenters. The summed E-state index contributed by atoms with van der Waals surface area (Å²) in [4.78, 5) is 28.6. The van der Waals surface area contributed by atoms with Crippen molar-refractivity contribution in [1.82, 2.24) is 4.98 Å². The number of nitrogen functional groups attached to an aromatic ring is 1. The zero-order valence-corrected chi connectivity index (χ0v) is 15.7. The summed E-state index contributed by atoms with van der Waals surface area (Å²) in [6.07, 6.45) is 4.33. The Morgan fingerprint density at radius 2 is 1.86 bits per heavy atom. The van der Waals surface area contributed by atoms with Crippen LogP contribution in [0.15, 0.2) is 67.0 Å².